The van der Waals surface area contributed by atoms with Crippen LogP contribution < -0.4 is 5.32 Å². The van der Waals surface area contributed by atoms with E-state index >= 15 is 0 Å². The number of rotatable bonds is 6. The third-order valence-electron chi connectivity index (χ3n) is 3.62. The maximum absolute atomic E-state index is 8.92. The number of hydrogen-bond acceptors (Lipinski definition) is 3. The topological polar surface area (TPSA) is 35.5 Å². The van der Waals surface area contributed by atoms with Crippen molar-refractivity contribution in [3.8, 4) is 0 Å². The van der Waals surface area contributed by atoms with Gasteiger partial charge in [0.1, 0.15) is 0 Å². The second-order valence-corrected chi connectivity index (χ2v) is 5.05. The molecule has 3 nitrogen and oxygen atoms in total. The quantitative estimate of drug-likeness (QED) is 0.690. The lowest BCUT2D eigenvalue weighted by atomic mass is 9.95. The molecule has 1 aliphatic heterocycles. The Morgan fingerprint density at radius 3 is 2.67 bits per heavy atom. The van der Waals surface area contributed by atoms with Crippen molar-refractivity contribution in [3.63, 3.8) is 0 Å². The van der Waals surface area contributed by atoms with Gasteiger partial charge < -0.3 is 15.3 Å². The fourth-order valence-corrected chi connectivity index (χ4v) is 2.37. The number of hydrogen-bond donors (Lipinski definition) is 2. The summed E-state index contributed by atoms with van der Waals surface area (Å²) in [5.74, 6) is 1.68. The zero-order valence-electron chi connectivity index (χ0n) is 10.4. The summed E-state index contributed by atoms with van der Waals surface area (Å²) < 4.78 is 0. The van der Waals surface area contributed by atoms with E-state index in [4.69, 9.17) is 5.11 Å². The molecule has 1 rings (SSSR count). The van der Waals surface area contributed by atoms with Crippen LogP contribution in [0.15, 0.2) is 0 Å². The van der Waals surface area contributed by atoms with Gasteiger partial charge in [-0.05, 0) is 38.3 Å². The van der Waals surface area contributed by atoms with E-state index in [0.29, 0.717) is 6.04 Å². The Morgan fingerprint density at radius 2 is 2.20 bits per heavy atom. The largest absolute Gasteiger partial charge is 0.396 e. The lowest BCUT2D eigenvalue weighted by Crippen LogP contribution is -2.39. The Kier molecular flexibility index (Phi) is 5.58. The SMILES string of the molecule is CNC(CCO)CN1CCC(C(C)C)C1. The normalized spacial score (nSPS) is 25.0. The molecule has 0 aromatic rings. The molecule has 0 aliphatic carbocycles. The smallest absolute Gasteiger partial charge is 0.0446 e. The van der Waals surface area contributed by atoms with Crippen LogP contribution in [-0.4, -0.2) is 49.3 Å². The monoisotopic (exact) mass is 214 g/mol. The minimum Gasteiger partial charge on any atom is -0.396 e. The summed E-state index contributed by atoms with van der Waals surface area (Å²) in [5.41, 5.74) is 0. The van der Waals surface area contributed by atoms with Crippen LogP contribution in [0.3, 0.4) is 0 Å². The molecule has 0 amide bonds. The Balaban J connectivity index is 2.27. The molecule has 0 radical (unpaired) electrons. The molecule has 1 aliphatic rings. The highest BCUT2D eigenvalue weighted by Crippen LogP contribution is 2.23. The van der Waals surface area contributed by atoms with E-state index in [1.807, 2.05) is 7.05 Å². The highest BCUT2D eigenvalue weighted by atomic mass is 16.3. The minimum absolute atomic E-state index is 0.285. The van der Waals surface area contributed by atoms with Crippen LogP contribution in [0, 0.1) is 11.8 Å². The van der Waals surface area contributed by atoms with Crippen LogP contribution in [0.5, 0.6) is 0 Å². The van der Waals surface area contributed by atoms with Crippen LogP contribution in [0.25, 0.3) is 0 Å². The predicted molar refractivity (Wildman–Crippen MR) is 63.9 cm³/mol. The molecule has 0 aromatic heterocycles. The lowest BCUT2D eigenvalue weighted by molar-refractivity contribution is 0.227. The molecule has 0 aromatic carbocycles. The van der Waals surface area contributed by atoms with Crippen molar-refractivity contribution >= 4 is 0 Å². The third-order valence-corrected chi connectivity index (χ3v) is 3.62. The standard InChI is InChI=1S/C12H26N2O/c1-10(2)11-4-6-14(8-11)9-12(13-3)5-7-15/h10-13,15H,4-9H2,1-3H3. The van der Waals surface area contributed by atoms with Crippen molar-refractivity contribution in [1.82, 2.24) is 10.2 Å². The Hall–Kier alpha value is -0.120. The van der Waals surface area contributed by atoms with E-state index in [0.717, 1.165) is 24.8 Å². The van der Waals surface area contributed by atoms with Crippen molar-refractivity contribution in [2.24, 2.45) is 11.8 Å². The van der Waals surface area contributed by atoms with E-state index in [1.165, 1.54) is 19.5 Å². The van der Waals surface area contributed by atoms with Gasteiger partial charge in [-0.2, -0.15) is 0 Å². The first kappa shape index (κ1) is 12.9. The number of aliphatic hydroxyl groups is 1. The molecule has 15 heavy (non-hydrogen) atoms. The third kappa shape index (κ3) is 4.09. The van der Waals surface area contributed by atoms with E-state index in [2.05, 4.69) is 24.1 Å². The van der Waals surface area contributed by atoms with Crippen LogP contribution in [-0.2, 0) is 0 Å². The number of aliphatic hydroxyl groups excluding tert-OH is 1. The zero-order chi connectivity index (χ0) is 11.3. The van der Waals surface area contributed by atoms with Crippen molar-refractivity contribution in [1.29, 1.82) is 0 Å². The molecule has 1 heterocycles. The summed E-state index contributed by atoms with van der Waals surface area (Å²) in [6, 6.07) is 0.445. The summed E-state index contributed by atoms with van der Waals surface area (Å²) in [7, 11) is 1.98. The first-order valence-corrected chi connectivity index (χ1v) is 6.17. The molecule has 2 unspecified atom stereocenters. The van der Waals surface area contributed by atoms with Crippen LogP contribution in [0.1, 0.15) is 26.7 Å². The van der Waals surface area contributed by atoms with Crippen LogP contribution >= 0.6 is 0 Å². The Morgan fingerprint density at radius 1 is 1.47 bits per heavy atom. The molecule has 0 bridgehead atoms. The van der Waals surface area contributed by atoms with Crippen molar-refractivity contribution in [2.45, 2.75) is 32.7 Å². The van der Waals surface area contributed by atoms with Crippen LogP contribution in [0.4, 0.5) is 0 Å². The summed E-state index contributed by atoms with van der Waals surface area (Å²) in [6.45, 7) is 8.47. The molecule has 1 saturated heterocycles. The van der Waals surface area contributed by atoms with Gasteiger partial charge in [-0.1, -0.05) is 13.8 Å². The maximum Gasteiger partial charge on any atom is 0.0446 e. The first-order valence-electron chi connectivity index (χ1n) is 6.17. The second kappa shape index (κ2) is 6.46. The van der Waals surface area contributed by atoms with Gasteiger partial charge in [0.05, 0.1) is 0 Å². The van der Waals surface area contributed by atoms with E-state index in [1.54, 1.807) is 0 Å². The zero-order valence-corrected chi connectivity index (χ0v) is 10.4. The van der Waals surface area contributed by atoms with Crippen molar-refractivity contribution < 1.29 is 5.11 Å². The molecule has 90 valence electrons. The van der Waals surface area contributed by atoms with Crippen molar-refractivity contribution in [3.05, 3.63) is 0 Å². The number of nitrogens with zero attached hydrogens (tertiary/aromatic N) is 1. The molecule has 2 atom stereocenters. The number of likely N-dealkylation sites (N-methyl/N-ethyl adjacent to an activating group) is 1. The summed E-state index contributed by atoms with van der Waals surface area (Å²) in [6.07, 6.45) is 2.20. The second-order valence-electron chi connectivity index (χ2n) is 5.05. The highest BCUT2D eigenvalue weighted by Gasteiger charge is 2.25. The minimum atomic E-state index is 0.285. The average Bonchev–Trinajstić information content (AvgIpc) is 2.65. The van der Waals surface area contributed by atoms with Gasteiger partial charge in [-0.15, -0.1) is 0 Å². The van der Waals surface area contributed by atoms with E-state index < -0.39 is 0 Å². The van der Waals surface area contributed by atoms with Gasteiger partial charge in [0, 0.05) is 25.7 Å². The number of nitrogens with one attached hydrogen (secondary N) is 1. The Bertz CT molecular complexity index is 173. The molecule has 1 fully saturated rings. The molecule has 2 N–H and O–H groups in total. The maximum atomic E-state index is 8.92. The molecular weight excluding hydrogens is 188 g/mol. The molecule has 3 heteroatoms. The van der Waals surface area contributed by atoms with E-state index in [9.17, 15) is 0 Å². The fraction of sp³-hybridized carbons (Fsp3) is 1.00. The average molecular weight is 214 g/mol. The van der Waals surface area contributed by atoms with Crippen molar-refractivity contribution in [2.75, 3.05) is 33.3 Å². The van der Waals surface area contributed by atoms with Gasteiger partial charge in [0.2, 0.25) is 0 Å². The molecular formula is C12H26N2O. The molecule has 0 saturated carbocycles. The Labute approximate surface area is 93.9 Å². The lowest BCUT2D eigenvalue weighted by Gasteiger charge is -2.23. The van der Waals surface area contributed by atoms with Gasteiger partial charge in [-0.25, -0.2) is 0 Å². The highest BCUT2D eigenvalue weighted by molar-refractivity contribution is 4.80. The fourth-order valence-electron chi connectivity index (χ4n) is 2.37. The number of likely N-dealkylation sites (tertiary alicyclic amines) is 1. The van der Waals surface area contributed by atoms with E-state index in [-0.39, 0.29) is 6.61 Å². The predicted octanol–water partition coefficient (Wildman–Crippen LogP) is 0.935. The van der Waals surface area contributed by atoms with Crippen LogP contribution in [0.2, 0.25) is 0 Å². The summed E-state index contributed by atoms with van der Waals surface area (Å²) >= 11 is 0. The first-order chi connectivity index (χ1) is 7.17. The molecule has 0 spiro atoms. The van der Waals surface area contributed by atoms with Gasteiger partial charge in [0.15, 0.2) is 0 Å². The summed E-state index contributed by atoms with van der Waals surface area (Å²) in [5, 5.41) is 12.2. The van der Waals surface area contributed by atoms with Gasteiger partial charge >= 0.3 is 0 Å². The summed E-state index contributed by atoms with van der Waals surface area (Å²) in [4.78, 5) is 2.53. The van der Waals surface area contributed by atoms with Gasteiger partial charge in [-0.3, -0.25) is 0 Å². The van der Waals surface area contributed by atoms with Gasteiger partial charge in [0.25, 0.3) is 0 Å².